The lowest BCUT2D eigenvalue weighted by atomic mass is 9.89. The number of nitrogens with zero attached hydrogens (tertiary/aromatic N) is 4. The summed E-state index contributed by atoms with van der Waals surface area (Å²) in [5.74, 6) is 0.938. The summed E-state index contributed by atoms with van der Waals surface area (Å²) in [6, 6.07) is 6.05. The fourth-order valence-electron chi connectivity index (χ4n) is 4.01. The molecule has 3 aromatic heterocycles. The zero-order valence-electron chi connectivity index (χ0n) is 17.2. The first kappa shape index (κ1) is 19.5. The maximum Gasteiger partial charge on any atom is 0.234 e. The molecule has 0 bridgehead atoms. The lowest BCUT2D eigenvalue weighted by Gasteiger charge is -2.17. The van der Waals surface area contributed by atoms with Crippen LogP contribution in [-0.2, 0) is 17.6 Å². The number of rotatable bonds is 4. The van der Waals surface area contributed by atoms with Gasteiger partial charge in [0.15, 0.2) is 10.8 Å². The summed E-state index contributed by atoms with van der Waals surface area (Å²) in [6.45, 7) is 6.32. The quantitative estimate of drug-likeness (QED) is 0.464. The number of hydrogen-bond acceptors (Lipinski definition) is 6. The molecule has 1 amide bonds. The number of carbonyl (C=O) groups is 1. The zero-order chi connectivity index (χ0) is 20.8. The first-order valence-electron chi connectivity index (χ1n) is 10.1. The van der Waals surface area contributed by atoms with Crippen LogP contribution >= 0.6 is 23.1 Å². The highest BCUT2D eigenvalue weighted by atomic mass is 32.2. The van der Waals surface area contributed by atoms with Crippen LogP contribution in [0.5, 0.6) is 0 Å². The van der Waals surface area contributed by atoms with Crippen LogP contribution in [0.1, 0.15) is 34.9 Å². The van der Waals surface area contributed by atoms with E-state index in [0.29, 0.717) is 5.16 Å². The Labute approximate surface area is 183 Å². The molecule has 0 fully saturated rings. The zero-order valence-corrected chi connectivity index (χ0v) is 18.9. The van der Waals surface area contributed by atoms with Crippen LogP contribution < -0.4 is 5.32 Å². The molecule has 3 heterocycles. The molecule has 154 valence electrons. The van der Waals surface area contributed by atoms with E-state index in [2.05, 4.69) is 27.4 Å². The topological polar surface area (TPSA) is 72.2 Å². The predicted molar refractivity (Wildman–Crippen MR) is 123 cm³/mol. The monoisotopic (exact) mass is 437 g/mol. The van der Waals surface area contributed by atoms with Crippen molar-refractivity contribution in [2.45, 2.75) is 45.2 Å². The molecule has 1 N–H and O–H groups in total. The Morgan fingerprint density at radius 3 is 3.07 bits per heavy atom. The van der Waals surface area contributed by atoms with Crippen molar-refractivity contribution in [3.8, 4) is 0 Å². The number of nitrogens with one attached hydrogen (secondary N) is 1. The normalized spacial score (nSPS) is 16.2. The van der Waals surface area contributed by atoms with E-state index in [4.69, 9.17) is 0 Å². The summed E-state index contributed by atoms with van der Waals surface area (Å²) in [4.78, 5) is 19.7. The van der Waals surface area contributed by atoms with E-state index >= 15 is 0 Å². The standard InChI is InChI=1S/C22H23N5OS2/c1-12-4-6-14(3)16(8-12)24-18(28)10-29-22-26-25-20-19-15-7-5-13(2)9-17(15)30-21(19)23-11-27(20)22/h4,6,8,11,13H,5,7,9-10H2,1-3H3,(H,24,28)/t13-/m1/s1. The van der Waals surface area contributed by atoms with Gasteiger partial charge in [-0.15, -0.1) is 21.5 Å². The Morgan fingerprint density at radius 1 is 1.33 bits per heavy atom. The summed E-state index contributed by atoms with van der Waals surface area (Å²) in [5, 5.41) is 13.7. The van der Waals surface area contributed by atoms with Crippen LogP contribution in [0.3, 0.4) is 0 Å². The van der Waals surface area contributed by atoms with Crippen molar-refractivity contribution < 1.29 is 4.79 Å². The van der Waals surface area contributed by atoms with Gasteiger partial charge in [-0.3, -0.25) is 9.20 Å². The number of benzene rings is 1. The second kappa shape index (κ2) is 7.67. The number of carbonyl (C=O) groups excluding carboxylic acids is 1. The number of thiophene rings is 1. The smallest absolute Gasteiger partial charge is 0.234 e. The number of thioether (sulfide) groups is 1. The minimum atomic E-state index is -0.0543. The fraction of sp³-hybridized carbons (Fsp3) is 0.364. The van der Waals surface area contributed by atoms with Crippen LogP contribution in [0, 0.1) is 19.8 Å². The van der Waals surface area contributed by atoms with Gasteiger partial charge in [0.2, 0.25) is 5.91 Å². The fourth-order valence-corrected chi connectivity index (χ4v) is 6.05. The van der Waals surface area contributed by atoms with E-state index < -0.39 is 0 Å². The summed E-state index contributed by atoms with van der Waals surface area (Å²) < 4.78 is 1.92. The van der Waals surface area contributed by atoms with Crippen LogP contribution in [0.2, 0.25) is 0 Å². The van der Waals surface area contributed by atoms with Gasteiger partial charge in [0, 0.05) is 10.6 Å². The Hall–Kier alpha value is -2.45. The Bertz CT molecular complexity index is 1280. The van der Waals surface area contributed by atoms with E-state index in [1.54, 1.807) is 17.7 Å². The molecule has 0 spiro atoms. The van der Waals surface area contributed by atoms with Crippen LogP contribution in [-0.4, -0.2) is 31.2 Å². The highest BCUT2D eigenvalue weighted by Gasteiger charge is 2.24. The number of amides is 1. The maximum absolute atomic E-state index is 12.5. The molecular weight excluding hydrogens is 414 g/mol. The Kier molecular flexibility index (Phi) is 4.99. The molecule has 0 aliphatic heterocycles. The molecule has 6 nitrogen and oxygen atoms in total. The highest BCUT2D eigenvalue weighted by molar-refractivity contribution is 7.99. The molecule has 1 aliphatic rings. The molecule has 0 saturated heterocycles. The summed E-state index contributed by atoms with van der Waals surface area (Å²) >= 11 is 3.17. The minimum absolute atomic E-state index is 0.0543. The van der Waals surface area contributed by atoms with Gasteiger partial charge in [-0.25, -0.2) is 4.98 Å². The van der Waals surface area contributed by atoms with Gasteiger partial charge in [0.1, 0.15) is 11.2 Å². The number of hydrogen-bond donors (Lipinski definition) is 1. The van der Waals surface area contributed by atoms with Gasteiger partial charge in [-0.1, -0.05) is 30.8 Å². The molecule has 0 radical (unpaired) electrons. The second-order valence-corrected chi connectivity index (χ2v) is 10.1. The van der Waals surface area contributed by atoms with Crippen molar-refractivity contribution in [2.75, 3.05) is 11.1 Å². The van der Waals surface area contributed by atoms with Crippen molar-refractivity contribution >= 4 is 50.6 Å². The Morgan fingerprint density at radius 2 is 2.20 bits per heavy atom. The summed E-state index contributed by atoms with van der Waals surface area (Å²) in [5.41, 5.74) is 5.27. The van der Waals surface area contributed by atoms with Gasteiger partial charge >= 0.3 is 0 Å². The van der Waals surface area contributed by atoms with Crippen LogP contribution in [0.4, 0.5) is 5.69 Å². The lowest BCUT2D eigenvalue weighted by Crippen LogP contribution is -2.15. The average Bonchev–Trinajstić information content (AvgIpc) is 3.29. The molecule has 1 aromatic carbocycles. The Balaban J connectivity index is 1.38. The first-order chi connectivity index (χ1) is 14.5. The predicted octanol–water partition coefficient (Wildman–Crippen LogP) is 4.81. The largest absolute Gasteiger partial charge is 0.325 e. The highest BCUT2D eigenvalue weighted by Crippen LogP contribution is 2.39. The number of fused-ring (bicyclic) bond motifs is 5. The molecule has 1 atom stereocenters. The maximum atomic E-state index is 12.5. The van der Waals surface area contributed by atoms with Crippen molar-refractivity contribution in [1.82, 2.24) is 19.6 Å². The third kappa shape index (κ3) is 3.48. The molecule has 8 heteroatoms. The molecule has 0 unspecified atom stereocenters. The second-order valence-electron chi connectivity index (χ2n) is 8.11. The van der Waals surface area contributed by atoms with E-state index in [-0.39, 0.29) is 11.7 Å². The molecular formula is C22H23N5OS2. The number of aryl methyl sites for hydroxylation is 3. The van der Waals surface area contributed by atoms with Gasteiger partial charge in [-0.05, 0) is 61.8 Å². The van der Waals surface area contributed by atoms with Crippen LogP contribution in [0.25, 0.3) is 15.9 Å². The lowest BCUT2D eigenvalue weighted by molar-refractivity contribution is -0.113. The van der Waals surface area contributed by atoms with Crippen molar-refractivity contribution in [2.24, 2.45) is 5.92 Å². The van der Waals surface area contributed by atoms with E-state index in [1.165, 1.54) is 28.6 Å². The summed E-state index contributed by atoms with van der Waals surface area (Å²) in [6.07, 6.45) is 5.18. The molecule has 5 rings (SSSR count). The van der Waals surface area contributed by atoms with Gasteiger partial charge in [0.25, 0.3) is 0 Å². The number of aromatic nitrogens is 4. The summed E-state index contributed by atoms with van der Waals surface area (Å²) in [7, 11) is 0. The van der Waals surface area contributed by atoms with E-state index in [9.17, 15) is 4.79 Å². The molecule has 4 aromatic rings. The minimum Gasteiger partial charge on any atom is -0.325 e. The van der Waals surface area contributed by atoms with Gasteiger partial charge < -0.3 is 5.32 Å². The van der Waals surface area contributed by atoms with Crippen LogP contribution in [0.15, 0.2) is 29.7 Å². The average molecular weight is 438 g/mol. The van der Waals surface area contributed by atoms with Gasteiger partial charge in [-0.2, -0.15) is 0 Å². The third-order valence-corrected chi connectivity index (χ3v) is 7.78. The van der Waals surface area contributed by atoms with Gasteiger partial charge in [0.05, 0.1) is 11.1 Å². The molecule has 0 saturated carbocycles. The third-order valence-electron chi connectivity index (χ3n) is 5.67. The van der Waals surface area contributed by atoms with Crippen molar-refractivity contribution in [1.29, 1.82) is 0 Å². The number of anilines is 1. The van der Waals surface area contributed by atoms with Crippen molar-refractivity contribution in [3.05, 3.63) is 46.1 Å². The molecule has 30 heavy (non-hydrogen) atoms. The SMILES string of the molecule is Cc1ccc(C)c(NC(=O)CSc2nnc3c4c5c(sc4ncn23)C[C@H](C)CC5)c1. The van der Waals surface area contributed by atoms with E-state index in [1.807, 2.05) is 36.4 Å². The molecule has 1 aliphatic carbocycles. The van der Waals surface area contributed by atoms with E-state index in [0.717, 1.165) is 51.4 Å². The first-order valence-corrected chi connectivity index (χ1v) is 11.9. The van der Waals surface area contributed by atoms with Crippen molar-refractivity contribution in [3.63, 3.8) is 0 Å².